The van der Waals surface area contributed by atoms with Crippen LogP contribution in [0.3, 0.4) is 0 Å². The van der Waals surface area contributed by atoms with Crippen LogP contribution < -0.4 is 0 Å². The minimum absolute atomic E-state index is 0.295. The highest BCUT2D eigenvalue weighted by atomic mass is 19.1. The van der Waals surface area contributed by atoms with Crippen LogP contribution in [0.2, 0.25) is 0 Å². The van der Waals surface area contributed by atoms with Crippen molar-refractivity contribution >= 4 is 0 Å². The van der Waals surface area contributed by atoms with Crippen LogP contribution in [0.25, 0.3) is 11.3 Å². The summed E-state index contributed by atoms with van der Waals surface area (Å²) >= 11 is 0. The van der Waals surface area contributed by atoms with Gasteiger partial charge in [-0.25, -0.2) is 14.4 Å². The van der Waals surface area contributed by atoms with Crippen LogP contribution >= 0.6 is 0 Å². The molecule has 3 nitrogen and oxygen atoms in total. The lowest BCUT2D eigenvalue weighted by atomic mass is 10.1. The first-order valence-electron chi connectivity index (χ1n) is 6.16. The maximum atomic E-state index is 13.3. The van der Waals surface area contributed by atoms with Gasteiger partial charge in [-0.3, -0.25) is 0 Å². The molecule has 0 atom stereocenters. The Morgan fingerprint density at radius 1 is 1.26 bits per heavy atom. The molecule has 0 aliphatic heterocycles. The lowest BCUT2D eigenvalue weighted by Crippen LogP contribution is -2.10. The van der Waals surface area contributed by atoms with Gasteiger partial charge in [0.05, 0.1) is 11.8 Å². The second-order valence-corrected chi connectivity index (χ2v) is 4.92. The number of rotatable bonds is 2. The Labute approximate surface area is 110 Å². The minimum atomic E-state index is -0.520. The molecule has 2 aromatic rings. The third kappa shape index (κ3) is 2.08. The van der Waals surface area contributed by atoms with Crippen LogP contribution in [0, 0.1) is 24.1 Å². The van der Waals surface area contributed by atoms with Crippen LogP contribution in [-0.2, 0) is 5.41 Å². The van der Waals surface area contributed by atoms with Gasteiger partial charge < -0.3 is 0 Å². The zero-order chi connectivity index (χ0) is 13.5. The van der Waals surface area contributed by atoms with Gasteiger partial charge in [-0.1, -0.05) is 12.1 Å². The van der Waals surface area contributed by atoms with Gasteiger partial charge >= 0.3 is 0 Å². The second-order valence-electron chi connectivity index (χ2n) is 4.92. The molecular formula is C15H12FN3. The zero-order valence-electron chi connectivity index (χ0n) is 10.5. The highest BCUT2D eigenvalue weighted by Crippen LogP contribution is 2.46. The van der Waals surface area contributed by atoms with Gasteiger partial charge in [-0.15, -0.1) is 0 Å². The fraction of sp³-hybridized carbons (Fsp3) is 0.267. The topological polar surface area (TPSA) is 49.6 Å². The van der Waals surface area contributed by atoms with Gasteiger partial charge in [0, 0.05) is 11.3 Å². The Bertz CT molecular complexity index is 684. The van der Waals surface area contributed by atoms with Crippen molar-refractivity contribution in [2.45, 2.75) is 25.2 Å². The van der Waals surface area contributed by atoms with Crippen molar-refractivity contribution in [3.8, 4) is 17.3 Å². The van der Waals surface area contributed by atoms with E-state index in [4.69, 9.17) is 0 Å². The van der Waals surface area contributed by atoms with Crippen molar-refractivity contribution < 1.29 is 4.39 Å². The monoisotopic (exact) mass is 253 g/mol. The summed E-state index contributed by atoms with van der Waals surface area (Å²) in [6, 6.07) is 10.4. The fourth-order valence-electron chi connectivity index (χ4n) is 2.09. The Balaban J connectivity index is 2.11. The third-order valence-electron chi connectivity index (χ3n) is 3.37. The van der Waals surface area contributed by atoms with Crippen LogP contribution in [0.4, 0.5) is 4.39 Å². The van der Waals surface area contributed by atoms with E-state index in [1.54, 1.807) is 12.1 Å². The Morgan fingerprint density at radius 3 is 2.68 bits per heavy atom. The molecule has 1 aliphatic carbocycles. The summed E-state index contributed by atoms with van der Waals surface area (Å²) in [6.45, 7) is 1.86. The Hall–Kier alpha value is -2.28. The molecule has 0 N–H and O–H groups in total. The van der Waals surface area contributed by atoms with E-state index in [0.29, 0.717) is 17.1 Å². The number of halogens is 1. The summed E-state index contributed by atoms with van der Waals surface area (Å²) in [7, 11) is 0. The van der Waals surface area contributed by atoms with Crippen LogP contribution in [0.1, 0.15) is 24.4 Å². The molecule has 0 spiro atoms. The van der Waals surface area contributed by atoms with E-state index in [1.165, 1.54) is 12.1 Å². The van der Waals surface area contributed by atoms with Gasteiger partial charge in [-0.05, 0) is 38.0 Å². The largest absolute Gasteiger partial charge is 0.236 e. The molecule has 1 aromatic carbocycles. The smallest absolute Gasteiger partial charge is 0.149 e. The van der Waals surface area contributed by atoms with Crippen molar-refractivity contribution in [1.29, 1.82) is 5.26 Å². The lowest BCUT2D eigenvalue weighted by molar-refractivity contribution is 0.628. The summed E-state index contributed by atoms with van der Waals surface area (Å²) in [5.74, 6) is 0.269. The highest BCUT2D eigenvalue weighted by molar-refractivity contribution is 5.59. The van der Waals surface area contributed by atoms with E-state index < -0.39 is 5.41 Å². The first-order valence-corrected chi connectivity index (χ1v) is 6.16. The molecule has 1 aliphatic rings. The quantitative estimate of drug-likeness (QED) is 0.826. The second kappa shape index (κ2) is 4.13. The molecule has 1 heterocycles. The molecule has 0 radical (unpaired) electrons. The molecule has 3 rings (SSSR count). The molecule has 19 heavy (non-hydrogen) atoms. The molecule has 1 fully saturated rings. The average Bonchev–Trinajstić information content (AvgIpc) is 3.19. The molecule has 0 saturated heterocycles. The van der Waals surface area contributed by atoms with E-state index in [9.17, 15) is 9.65 Å². The predicted octanol–water partition coefficient (Wildman–Crippen LogP) is 3.15. The summed E-state index contributed by atoms with van der Waals surface area (Å²) in [5, 5.41) is 9.22. The lowest BCUT2D eigenvalue weighted by Gasteiger charge is -2.09. The third-order valence-corrected chi connectivity index (χ3v) is 3.37. The summed E-state index contributed by atoms with van der Waals surface area (Å²) in [5.41, 5.74) is 1.66. The predicted molar refractivity (Wildman–Crippen MR) is 68.7 cm³/mol. The normalized spacial score (nSPS) is 15.8. The molecule has 0 unspecified atom stereocenters. The Kier molecular flexibility index (Phi) is 2.56. The number of aromatic nitrogens is 2. The molecule has 4 heteroatoms. The van der Waals surface area contributed by atoms with Gasteiger partial charge in [0.2, 0.25) is 0 Å². The molecule has 0 bridgehead atoms. The van der Waals surface area contributed by atoms with E-state index in [0.717, 1.165) is 18.5 Å². The average molecular weight is 253 g/mol. The van der Waals surface area contributed by atoms with E-state index in [2.05, 4.69) is 16.0 Å². The summed E-state index contributed by atoms with van der Waals surface area (Å²) < 4.78 is 13.3. The number of nitrogens with zero attached hydrogens (tertiary/aromatic N) is 3. The van der Waals surface area contributed by atoms with Gasteiger partial charge in [0.25, 0.3) is 0 Å². The fourth-order valence-corrected chi connectivity index (χ4v) is 2.09. The van der Waals surface area contributed by atoms with Crippen LogP contribution in [-0.4, -0.2) is 9.97 Å². The van der Waals surface area contributed by atoms with Gasteiger partial charge in [0.15, 0.2) is 0 Å². The summed E-state index contributed by atoms with van der Waals surface area (Å²) in [4.78, 5) is 8.81. The number of hydrogen-bond donors (Lipinski definition) is 0. The number of nitriles is 1. The standard InChI is InChI=1S/C15H12FN3/c1-10-7-13(11-3-2-4-12(16)8-11)19-14(18-10)15(9-17)5-6-15/h2-4,7-8H,5-6H2,1H3. The van der Waals surface area contributed by atoms with Crippen molar-refractivity contribution in [3.05, 3.63) is 47.7 Å². The highest BCUT2D eigenvalue weighted by Gasteiger charge is 2.48. The maximum Gasteiger partial charge on any atom is 0.149 e. The number of benzene rings is 1. The van der Waals surface area contributed by atoms with Crippen molar-refractivity contribution in [1.82, 2.24) is 9.97 Å². The molecule has 0 amide bonds. The van der Waals surface area contributed by atoms with Gasteiger partial charge in [-0.2, -0.15) is 5.26 Å². The van der Waals surface area contributed by atoms with Crippen LogP contribution in [0.15, 0.2) is 30.3 Å². The molecule has 94 valence electrons. The minimum Gasteiger partial charge on any atom is -0.236 e. The van der Waals surface area contributed by atoms with E-state index in [-0.39, 0.29) is 5.82 Å². The maximum absolute atomic E-state index is 13.3. The molecular weight excluding hydrogens is 241 g/mol. The van der Waals surface area contributed by atoms with E-state index >= 15 is 0 Å². The zero-order valence-corrected chi connectivity index (χ0v) is 10.5. The number of aryl methyl sites for hydroxylation is 1. The molecule has 1 aromatic heterocycles. The molecule has 1 saturated carbocycles. The first-order chi connectivity index (χ1) is 9.13. The van der Waals surface area contributed by atoms with Gasteiger partial charge in [0.1, 0.15) is 17.1 Å². The van der Waals surface area contributed by atoms with Crippen molar-refractivity contribution in [2.75, 3.05) is 0 Å². The van der Waals surface area contributed by atoms with Crippen molar-refractivity contribution in [2.24, 2.45) is 0 Å². The Morgan fingerprint density at radius 2 is 2.05 bits per heavy atom. The van der Waals surface area contributed by atoms with Crippen LogP contribution in [0.5, 0.6) is 0 Å². The first kappa shape index (κ1) is 11.8. The summed E-state index contributed by atoms with van der Waals surface area (Å²) in [6.07, 6.45) is 1.60. The van der Waals surface area contributed by atoms with E-state index in [1.807, 2.05) is 13.0 Å². The number of hydrogen-bond acceptors (Lipinski definition) is 3. The van der Waals surface area contributed by atoms with Crippen molar-refractivity contribution in [3.63, 3.8) is 0 Å². The SMILES string of the molecule is Cc1cc(-c2cccc(F)c2)nc(C2(C#N)CC2)n1.